The van der Waals surface area contributed by atoms with Crippen molar-refractivity contribution >= 4 is 46.5 Å². The molecule has 2 aromatic rings. The van der Waals surface area contributed by atoms with E-state index in [-0.39, 0.29) is 17.6 Å². The number of hydrogen-bond acceptors (Lipinski definition) is 5. The largest absolute Gasteiger partial charge is 0.337 e. The summed E-state index contributed by atoms with van der Waals surface area (Å²) in [6, 6.07) is 3.79. The number of carbonyl (C=O) groups is 1. The number of halogens is 2. The van der Waals surface area contributed by atoms with E-state index in [1.165, 1.54) is 11.8 Å². The fourth-order valence-electron chi connectivity index (χ4n) is 2.34. The number of amides is 1. The van der Waals surface area contributed by atoms with E-state index >= 15 is 0 Å². The van der Waals surface area contributed by atoms with Gasteiger partial charge in [0.1, 0.15) is 5.54 Å². The molecule has 1 aliphatic rings. The van der Waals surface area contributed by atoms with Gasteiger partial charge in [-0.05, 0) is 31.7 Å². The Hall–Kier alpha value is -1.49. The molecule has 2 heterocycles. The van der Waals surface area contributed by atoms with Gasteiger partial charge in [-0.2, -0.15) is 5.26 Å². The number of carbonyl (C=O) groups excluding carboxylic acids is 1. The van der Waals surface area contributed by atoms with E-state index in [4.69, 9.17) is 23.2 Å². The number of nitrogens with zero attached hydrogens (tertiary/aromatic N) is 4. The van der Waals surface area contributed by atoms with E-state index < -0.39 is 5.54 Å². The van der Waals surface area contributed by atoms with Crippen LogP contribution in [0.5, 0.6) is 0 Å². The van der Waals surface area contributed by atoms with E-state index in [2.05, 4.69) is 21.6 Å². The van der Waals surface area contributed by atoms with Crippen molar-refractivity contribution in [2.45, 2.75) is 30.5 Å². The average molecular weight is 370 g/mol. The van der Waals surface area contributed by atoms with Crippen LogP contribution in [-0.2, 0) is 4.79 Å². The van der Waals surface area contributed by atoms with Crippen LogP contribution in [0.1, 0.15) is 19.8 Å². The van der Waals surface area contributed by atoms with Gasteiger partial charge in [-0.3, -0.25) is 9.20 Å². The first-order valence-electron chi connectivity index (χ1n) is 6.98. The molecule has 1 amide bonds. The number of fused-ring (bicyclic) bond motifs is 1. The lowest BCUT2D eigenvalue weighted by Gasteiger charge is -2.22. The van der Waals surface area contributed by atoms with Gasteiger partial charge in [0.2, 0.25) is 5.91 Å². The molecule has 3 rings (SSSR count). The summed E-state index contributed by atoms with van der Waals surface area (Å²) >= 11 is 13.2. The lowest BCUT2D eigenvalue weighted by Crippen LogP contribution is -2.47. The zero-order valence-electron chi connectivity index (χ0n) is 12.2. The second-order valence-electron chi connectivity index (χ2n) is 5.61. The predicted molar refractivity (Wildman–Crippen MR) is 88.6 cm³/mol. The van der Waals surface area contributed by atoms with Crippen molar-refractivity contribution in [3.8, 4) is 6.07 Å². The number of pyridine rings is 1. The Labute approximate surface area is 147 Å². The molecule has 0 aromatic carbocycles. The lowest BCUT2D eigenvalue weighted by molar-refractivity contribution is -0.119. The van der Waals surface area contributed by atoms with E-state index in [9.17, 15) is 10.1 Å². The van der Waals surface area contributed by atoms with Crippen LogP contribution in [0, 0.1) is 17.2 Å². The summed E-state index contributed by atoms with van der Waals surface area (Å²) in [6.07, 6.45) is 3.60. The first-order chi connectivity index (χ1) is 10.9. The zero-order chi connectivity index (χ0) is 16.6. The number of rotatable bonds is 5. The molecule has 1 fully saturated rings. The fraction of sp³-hybridized carbons (Fsp3) is 0.429. The highest BCUT2D eigenvalue weighted by Gasteiger charge is 2.42. The van der Waals surface area contributed by atoms with Gasteiger partial charge in [-0.15, -0.1) is 10.2 Å². The third kappa shape index (κ3) is 3.39. The summed E-state index contributed by atoms with van der Waals surface area (Å²) in [6.45, 7) is 1.76. The number of nitrogens with one attached hydrogen (secondary N) is 1. The Kier molecular flexibility index (Phi) is 4.41. The zero-order valence-corrected chi connectivity index (χ0v) is 14.5. The van der Waals surface area contributed by atoms with Crippen molar-refractivity contribution < 1.29 is 4.79 Å². The number of thioether (sulfide) groups is 1. The van der Waals surface area contributed by atoms with Gasteiger partial charge < -0.3 is 5.32 Å². The first-order valence-corrected chi connectivity index (χ1v) is 8.72. The topological polar surface area (TPSA) is 83.1 Å². The number of hydrogen-bond donors (Lipinski definition) is 1. The quantitative estimate of drug-likeness (QED) is 0.819. The SMILES string of the molecule is C[C@](C#N)(NC(=O)CSc1nnc2c(Cl)cc(Cl)cn12)C1CC1. The van der Waals surface area contributed by atoms with E-state index in [1.54, 1.807) is 23.6 Å². The monoisotopic (exact) mass is 369 g/mol. The van der Waals surface area contributed by atoms with E-state index in [1.807, 2.05) is 0 Å². The molecule has 0 unspecified atom stereocenters. The molecule has 0 bridgehead atoms. The third-order valence-corrected chi connectivity index (χ3v) is 5.18. The Morgan fingerprint density at radius 3 is 2.96 bits per heavy atom. The van der Waals surface area contributed by atoms with Gasteiger partial charge in [0.05, 0.1) is 21.9 Å². The predicted octanol–water partition coefficient (Wildman–Crippen LogP) is 2.94. The van der Waals surface area contributed by atoms with Crippen LogP contribution in [-0.4, -0.2) is 31.8 Å². The molecule has 2 aromatic heterocycles. The Morgan fingerprint density at radius 2 is 2.30 bits per heavy atom. The van der Waals surface area contributed by atoms with Crippen molar-refractivity contribution in [1.82, 2.24) is 19.9 Å². The maximum atomic E-state index is 12.1. The number of aromatic nitrogens is 3. The molecule has 9 heteroatoms. The molecule has 0 radical (unpaired) electrons. The third-order valence-electron chi connectivity index (χ3n) is 3.75. The van der Waals surface area contributed by atoms with Crippen LogP contribution in [0.4, 0.5) is 0 Å². The summed E-state index contributed by atoms with van der Waals surface area (Å²) in [5.41, 5.74) is -0.309. The lowest BCUT2D eigenvalue weighted by atomic mass is 9.98. The summed E-state index contributed by atoms with van der Waals surface area (Å²) in [5.74, 6) is 0.165. The molecule has 0 saturated heterocycles. The maximum Gasteiger partial charge on any atom is 0.231 e. The summed E-state index contributed by atoms with van der Waals surface area (Å²) < 4.78 is 1.65. The minimum absolute atomic E-state index is 0.134. The highest BCUT2D eigenvalue weighted by Crippen LogP contribution is 2.39. The molecular weight excluding hydrogens is 357 g/mol. The smallest absolute Gasteiger partial charge is 0.231 e. The van der Waals surface area contributed by atoms with Crippen molar-refractivity contribution in [3.05, 3.63) is 22.3 Å². The van der Waals surface area contributed by atoms with Crippen LogP contribution in [0.15, 0.2) is 17.4 Å². The highest BCUT2D eigenvalue weighted by atomic mass is 35.5. The minimum atomic E-state index is -0.794. The van der Waals surface area contributed by atoms with Crippen LogP contribution >= 0.6 is 35.0 Å². The molecular formula is C14H13Cl2N5OS. The van der Waals surface area contributed by atoms with Crippen molar-refractivity contribution in [1.29, 1.82) is 5.26 Å². The van der Waals surface area contributed by atoms with E-state index in [0.717, 1.165) is 12.8 Å². The van der Waals surface area contributed by atoms with Crippen molar-refractivity contribution in [2.75, 3.05) is 5.75 Å². The molecule has 120 valence electrons. The second-order valence-corrected chi connectivity index (χ2v) is 7.39. The normalized spacial score (nSPS) is 16.8. The molecule has 6 nitrogen and oxygen atoms in total. The minimum Gasteiger partial charge on any atom is -0.337 e. The van der Waals surface area contributed by atoms with Gasteiger partial charge in [0, 0.05) is 6.20 Å². The van der Waals surface area contributed by atoms with Gasteiger partial charge in [-0.25, -0.2) is 0 Å². The molecule has 1 atom stereocenters. The molecule has 1 saturated carbocycles. The Balaban J connectivity index is 1.69. The van der Waals surface area contributed by atoms with Gasteiger partial charge in [0.25, 0.3) is 0 Å². The van der Waals surface area contributed by atoms with Crippen molar-refractivity contribution in [2.24, 2.45) is 5.92 Å². The Morgan fingerprint density at radius 1 is 1.57 bits per heavy atom. The van der Waals surface area contributed by atoms with Crippen LogP contribution in [0.25, 0.3) is 5.65 Å². The van der Waals surface area contributed by atoms with Gasteiger partial charge in [-0.1, -0.05) is 35.0 Å². The summed E-state index contributed by atoms with van der Waals surface area (Å²) in [5, 5.41) is 21.5. The van der Waals surface area contributed by atoms with Gasteiger partial charge >= 0.3 is 0 Å². The van der Waals surface area contributed by atoms with Crippen LogP contribution in [0.3, 0.4) is 0 Å². The molecule has 1 aliphatic carbocycles. The summed E-state index contributed by atoms with van der Waals surface area (Å²) in [4.78, 5) is 12.1. The molecule has 1 N–H and O–H groups in total. The highest BCUT2D eigenvalue weighted by molar-refractivity contribution is 7.99. The first kappa shape index (κ1) is 16.4. The second kappa shape index (κ2) is 6.19. The van der Waals surface area contributed by atoms with Gasteiger partial charge in [0.15, 0.2) is 10.8 Å². The molecule has 0 aliphatic heterocycles. The Bertz CT molecular complexity index is 813. The average Bonchev–Trinajstić information content (AvgIpc) is 3.28. The standard InChI is InChI=1S/C14H13Cl2N5OS/c1-14(7-17,8-2-3-8)18-11(22)6-23-13-20-19-12-10(16)4-9(15)5-21(12)13/h4-5,8H,2-3,6H2,1H3,(H,18,22)/t14-/m1/s1. The van der Waals surface area contributed by atoms with Crippen molar-refractivity contribution in [3.63, 3.8) is 0 Å². The van der Waals surface area contributed by atoms with Crippen LogP contribution in [0.2, 0.25) is 10.0 Å². The maximum absolute atomic E-state index is 12.1. The van der Waals surface area contributed by atoms with Crippen LogP contribution < -0.4 is 5.32 Å². The van der Waals surface area contributed by atoms with E-state index in [0.29, 0.717) is 20.8 Å². The fourth-order valence-corrected chi connectivity index (χ4v) is 3.56. The summed E-state index contributed by atoms with van der Waals surface area (Å²) in [7, 11) is 0. The molecule has 0 spiro atoms. The molecule has 23 heavy (non-hydrogen) atoms. The number of nitriles is 1.